The van der Waals surface area contributed by atoms with Gasteiger partial charge in [0, 0.05) is 5.92 Å². The van der Waals surface area contributed by atoms with Crippen molar-refractivity contribution in [3.63, 3.8) is 0 Å². The Morgan fingerprint density at radius 2 is 0.978 bits per heavy atom. The summed E-state index contributed by atoms with van der Waals surface area (Å²) in [5.74, 6) is 1.50. The Labute approximate surface area is 282 Å². The van der Waals surface area contributed by atoms with Crippen LogP contribution in [-0.4, -0.2) is 15.3 Å². The molecule has 0 spiro atoms. The number of phenolic OH excluding ortho intramolecular Hbond substituents is 3. The molecule has 3 aromatic rings. The van der Waals surface area contributed by atoms with Gasteiger partial charge in [0.25, 0.3) is 0 Å². The second-order valence-electron chi connectivity index (χ2n) is 15.3. The monoisotopic (exact) mass is 631 g/mol. The largest absolute Gasteiger partial charge is 0.508 e. The van der Waals surface area contributed by atoms with Crippen LogP contribution in [-0.2, 0) is 30.1 Å². The molecule has 0 amide bonds. The average Bonchev–Trinajstić information content (AvgIpc) is 2.98. The van der Waals surface area contributed by atoms with Crippen LogP contribution in [0.15, 0.2) is 42.5 Å². The standard InChI is InChI=1S/C24H34O2.C19H32O/c1-8-9-18(16-10-12-21(25)19(14-16)23(2,3)4)17-11-13-22(26)20(15-17)24(5,6)7;1-5-8-11-16-14-19(20)18(13-10-7-3)15(4)17(16)12-9-6-2/h10-15,18,25-26H,8-9H2,1-7H3;14,20H,5-13H2,1-4H3. The van der Waals surface area contributed by atoms with E-state index in [9.17, 15) is 15.3 Å². The predicted molar refractivity (Wildman–Crippen MR) is 199 cm³/mol. The molecule has 0 fully saturated rings. The fourth-order valence-corrected chi connectivity index (χ4v) is 6.47. The van der Waals surface area contributed by atoms with E-state index in [-0.39, 0.29) is 16.7 Å². The molecule has 0 saturated heterocycles. The molecule has 46 heavy (non-hydrogen) atoms. The molecule has 0 saturated carbocycles. The molecule has 0 radical (unpaired) electrons. The molecule has 3 heteroatoms. The molecule has 0 aromatic heterocycles. The van der Waals surface area contributed by atoms with Gasteiger partial charge in [-0.05, 0) is 125 Å². The summed E-state index contributed by atoms with van der Waals surface area (Å²) in [6, 6.07) is 14.1. The Bertz CT molecular complexity index is 1310. The first-order valence-corrected chi connectivity index (χ1v) is 18.1. The van der Waals surface area contributed by atoms with Crippen molar-refractivity contribution in [2.24, 2.45) is 0 Å². The van der Waals surface area contributed by atoms with Crippen molar-refractivity contribution < 1.29 is 15.3 Å². The number of benzene rings is 3. The van der Waals surface area contributed by atoms with Crippen molar-refractivity contribution in [1.29, 1.82) is 0 Å². The summed E-state index contributed by atoms with van der Waals surface area (Å²) < 4.78 is 0. The van der Waals surface area contributed by atoms with E-state index in [0.29, 0.717) is 17.2 Å². The van der Waals surface area contributed by atoms with Gasteiger partial charge >= 0.3 is 0 Å². The van der Waals surface area contributed by atoms with Gasteiger partial charge in [-0.3, -0.25) is 0 Å². The average molecular weight is 631 g/mol. The zero-order chi connectivity index (χ0) is 34.7. The molecule has 0 aliphatic heterocycles. The van der Waals surface area contributed by atoms with Crippen LogP contribution >= 0.6 is 0 Å². The maximum Gasteiger partial charge on any atom is 0.119 e. The summed E-state index contributed by atoms with van der Waals surface area (Å²) in [5, 5.41) is 31.0. The predicted octanol–water partition coefficient (Wildman–Crippen LogP) is 12.4. The van der Waals surface area contributed by atoms with Crippen molar-refractivity contribution in [3.05, 3.63) is 87.0 Å². The molecular formula is C43H66O3. The molecule has 3 aromatic carbocycles. The van der Waals surface area contributed by atoms with Gasteiger partial charge in [-0.25, -0.2) is 0 Å². The molecular weight excluding hydrogens is 564 g/mol. The number of aryl methyl sites for hydroxylation is 1. The molecule has 3 nitrogen and oxygen atoms in total. The fraction of sp³-hybridized carbons (Fsp3) is 0.581. The van der Waals surface area contributed by atoms with Crippen LogP contribution in [0.5, 0.6) is 17.2 Å². The highest BCUT2D eigenvalue weighted by molar-refractivity contribution is 5.49. The summed E-state index contributed by atoms with van der Waals surface area (Å²) in [6.45, 7) is 23.8. The SMILES string of the molecule is CCCC(c1ccc(O)c(C(C)(C)C)c1)c1ccc(O)c(C(C)(C)C)c1.CCCCc1cc(O)c(CCCC)c(C)c1CCCC. The Morgan fingerprint density at radius 3 is 1.39 bits per heavy atom. The van der Waals surface area contributed by atoms with Gasteiger partial charge in [-0.2, -0.15) is 0 Å². The lowest BCUT2D eigenvalue weighted by atomic mass is 9.79. The highest BCUT2D eigenvalue weighted by Gasteiger charge is 2.24. The van der Waals surface area contributed by atoms with Crippen LogP contribution in [0.3, 0.4) is 0 Å². The van der Waals surface area contributed by atoms with Gasteiger partial charge in [-0.15, -0.1) is 0 Å². The maximum atomic E-state index is 10.3. The third-order valence-electron chi connectivity index (χ3n) is 9.31. The van der Waals surface area contributed by atoms with E-state index in [0.717, 1.165) is 43.2 Å². The molecule has 3 rings (SSSR count). The Hall–Kier alpha value is -2.94. The minimum Gasteiger partial charge on any atom is -0.508 e. The van der Waals surface area contributed by atoms with E-state index in [1.165, 1.54) is 71.9 Å². The van der Waals surface area contributed by atoms with Crippen molar-refractivity contribution in [2.45, 2.75) is 164 Å². The van der Waals surface area contributed by atoms with E-state index in [1.807, 2.05) is 24.3 Å². The number of rotatable bonds is 13. The van der Waals surface area contributed by atoms with Crippen LogP contribution in [0.4, 0.5) is 0 Å². The normalized spacial score (nSPS) is 11.9. The molecule has 3 N–H and O–H groups in total. The number of unbranched alkanes of at least 4 members (excludes halogenated alkanes) is 3. The number of phenols is 3. The summed E-state index contributed by atoms with van der Waals surface area (Å²) in [6.07, 6.45) is 12.6. The lowest BCUT2D eigenvalue weighted by Gasteiger charge is -2.26. The van der Waals surface area contributed by atoms with Gasteiger partial charge in [0.1, 0.15) is 17.2 Å². The third-order valence-corrected chi connectivity index (χ3v) is 9.31. The van der Waals surface area contributed by atoms with Crippen LogP contribution < -0.4 is 0 Å². The number of hydrogen-bond donors (Lipinski definition) is 3. The Morgan fingerprint density at radius 1 is 0.543 bits per heavy atom. The molecule has 0 heterocycles. The minimum absolute atomic E-state index is 0.109. The second-order valence-corrected chi connectivity index (χ2v) is 15.3. The number of hydrogen-bond acceptors (Lipinski definition) is 3. The van der Waals surface area contributed by atoms with Gasteiger partial charge in [0.05, 0.1) is 0 Å². The van der Waals surface area contributed by atoms with Crippen LogP contribution in [0.1, 0.15) is 171 Å². The highest BCUT2D eigenvalue weighted by Crippen LogP contribution is 2.39. The summed E-state index contributed by atoms with van der Waals surface area (Å²) in [4.78, 5) is 0. The molecule has 0 bridgehead atoms. The van der Waals surface area contributed by atoms with Crippen molar-refractivity contribution in [3.8, 4) is 17.2 Å². The summed E-state index contributed by atoms with van der Waals surface area (Å²) in [5.41, 5.74) is 9.64. The van der Waals surface area contributed by atoms with Gasteiger partial charge in [0.15, 0.2) is 0 Å². The van der Waals surface area contributed by atoms with Crippen LogP contribution in [0.2, 0.25) is 0 Å². The summed E-state index contributed by atoms with van der Waals surface area (Å²) in [7, 11) is 0. The highest BCUT2D eigenvalue weighted by atomic mass is 16.3. The van der Waals surface area contributed by atoms with Crippen molar-refractivity contribution in [1.82, 2.24) is 0 Å². The van der Waals surface area contributed by atoms with Gasteiger partial charge in [0.2, 0.25) is 0 Å². The zero-order valence-corrected chi connectivity index (χ0v) is 31.2. The zero-order valence-electron chi connectivity index (χ0n) is 31.2. The summed E-state index contributed by atoms with van der Waals surface area (Å²) >= 11 is 0. The topological polar surface area (TPSA) is 60.7 Å². The molecule has 0 unspecified atom stereocenters. The van der Waals surface area contributed by atoms with Crippen molar-refractivity contribution >= 4 is 0 Å². The third kappa shape index (κ3) is 10.8. The maximum absolute atomic E-state index is 10.3. The molecule has 0 aliphatic carbocycles. The van der Waals surface area contributed by atoms with E-state index in [4.69, 9.17) is 0 Å². The Balaban J connectivity index is 0.000000332. The van der Waals surface area contributed by atoms with E-state index >= 15 is 0 Å². The van der Waals surface area contributed by atoms with Crippen LogP contribution in [0.25, 0.3) is 0 Å². The van der Waals surface area contributed by atoms with E-state index in [1.54, 1.807) is 0 Å². The lowest BCUT2D eigenvalue weighted by molar-refractivity contribution is 0.445. The fourth-order valence-electron chi connectivity index (χ4n) is 6.47. The first-order valence-electron chi connectivity index (χ1n) is 18.1. The van der Waals surface area contributed by atoms with Crippen LogP contribution in [0, 0.1) is 6.92 Å². The quantitative estimate of drug-likeness (QED) is 0.176. The second kappa shape index (κ2) is 17.8. The molecule has 0 atom stereocenters. The molecule has 256 valence electrons. The van der Waals surface area contributed by atoms with Crippen molar-refractivity contribution in [2.75, 3.05) is 0 Å². The Kier molecular flexibility index (Phi) is 15.2. The smallest absolute Gasteiger partial charge is 0.119 e. The molecule has 0 aliphatic rings. The number of aromatic hydroxyl groups is 3. The van der Waals surface area contributed by atoms with Gasteiger partial charge < -0.3 is 15.3 Å². The van der Waals surface area contributed by atoms with E-state index in [2.05, 4.69) is 94.4 Å². The first kappa shape index (κ1) is 39.2. The minimum atomic E-state index is -0.109. The first-order chi connectivity index (χ1) is 21.6. The van der Waals surface area contributed by atoms with Gasteiger partial charge in [-0.1, -0.05) is 119 Å². The lowest BCUT2D eigenvalue weighted by Crippen LogP contribution is -2.14. The van der Waals surface area contributed by atoms with E-state index < -0.39 is 0 Å².